The van der Waals surface area contributed by atoms with Crippen LogP contribution in [0.1, 0.15) is 12.8 Å². The third-order valence-electron chi connectivity index (χ3n) is 3.73. The van der Waals surface area contributed by atoms with Crippen LogP contribution in [-0.2, 0) is 4.79 Å². The Labute approximate surface area is 135 Å². The highest BCUT2D eigenvalue weighted by Crippen LogP contribution is 2.20. The standard InChI is InChI=1S/C17H18N2O2S/c20-16(18-17(22)19-9-3-4-10-19)12-21-15-8-7-13-5-1-2-6-14(13)11-15/h1-2,5-8,11H,3-4,9-10,12H2,(H,18,20,22). The van der Waals surface area contributed by atoms with Crippen molar-refractivity contribution >= 4 is 34.0 Å². The lowest BCUT2D eigenvalue weighted by molar-refractivity contribution is -0.121. The molecule has 0 aliphatic carbocycles. The maximum Gasteiger partial charge on any atom is 0.264 e. The molecular weight excluding hydrogens is 296 g/mol. The molecule has 3 rings (SSSR count). The van der Waals surface area contributed by atoms with Gasteiger partial charge in [0.2, 0.25) is 0 Å². The lowest BCUT2D eigenvalue weighted by Gasteiger charge is -2.18. The number of thiocarbonyl (C=S) groups is 1. The largest absolute Gasteiger partial charge is 0.484 e. The Morgan fingerprint density at radius 3 is 2.64 bits per heavy atom. The summed E-state index contributed by atoms with van der Waals surface area (Å²) in [6.45, 7) is 1.81. The van der Waals surface area contributed by atoms with Gasteiger partial charge >= 0.3 is 0 Å². The highest BCUT2D eigenvalue weighted by molar-refractivity contribution is 7.80. The summed E-state index contributed by atoms with van der Waals surface area (Å²) in [5, 5.41) is 5.47. The molecule has 0 spiro atoms. The number of amides is 1. The van der Waals surface area contributed by atoms with Crippen molar-refractivity contribution < 1.29 is 9.53 Å². The first kappa shape index (κ1) is 14.8. The molecule has 2 aromatic carbocycles. The number of ether oxygens (including phenoxy) is 1. The Morgan fingerprint density at radius 2 is 1.86 bits per heavy atom. The van der Waals surface area contributed by atoms with Crippen molar-refractivity contribution in [2.24, 2.45) is 0 Å². The number of nitrogens with one attached hydrogen (secondary N) is 1. The van der Waals surface area contributed by atoms with Crippen LogP contribution in [0.5, 0.6) is 5.75 Å². The van der Waals surface area contributed by atoms with Crippen molar-refractivity contribution in [3.05, 3.63) is 42.5 Å². The van der Waals surface area contributed by atoms with Gasteiger partial charge in [-0.25, -0.2) is 0 Å². The van der Waals surface area contributed by atoms with E-state index in [9.17, 15) is 4.79 Å². The average Bonchev–Trinajstić information content (AvgIpc) is 3.07. The fourth-order valence-electron chi connectivity index (χ4n) is 2.56. The van der Waals surface area contributed by atoms with Crippen LogP contribution in [-0.4, -0.2) is 35.6 Å². The minimum atomic E-state index is -0.218. The molecule has 1 N–H and O–H groups in total. The van der Waals surface area contributed by atoms with Gasteiger partial charge in [-0.3, -0.25) is 4.79 Å². The first-order valence-corrected chi connectivity index (χ1v) is 7.83. The van der Waals surface area contributed by atoms with Gasteiger partial charge in [-0.05, 0) is 48.0 Å². The van der Waals surface area contributed by atoms with Crippen molar-refractivity contribution in [3.8, 4) is 5.75 Å². The lowest BCUT2D eigenvalue weighted by Crippen LogP contribution is -2.42. The Bertz CT molecular complexity index is 696. The molecule has 2 aromatic rings. The van der Waals surface area contributed by atoms with Gasteiger partial charge in [0, 0.05) is 13.1 Å². The molecule has 1 saturated heterocycles. The topological polar surface area (TPSA) is 41.6 Å². The second kappa shape index (κ2) is 6.75. The zero-order chi connectivity index (χ0) is 15.4. The number of hydrogen-bond acceptors (Lipinski definition) is 3. The van der Waals surface area contributed by atoms with E-state index < -0.39 is 0 Å². The first-order chi connectivity index (χ1) is 10.7. The summed E-state index contributed by atoms with van der Waals surface area (Å²) in [7, 11) is 0. The third kappa shape index (κ3) is 3.54. The highest BCUT2D eigenvalue weighted by atomic mass is 32.1. The second-order valence-electron chi connectivity index (χ2n) is 5.35. The molecule has 0 radical (unpaired) electrons. The van der Waals surface area contributed by atoms with E-state index >= 15 is 0 Å². The second-order valence-corrected chi connectivity index (χ2v) is 5.73. The monoisotopic (exact) mass is 314 g/mol. The molecular formula is C17H18N2O2S. The summed E-state index contributed by atoms with van der Waals surface area (Å²) < 4.78 is 5.55. The van der Waals surface area contributed by atoms with Gasteiger partial charge in [0.1, 0.15) is 5.75 Å². The van der Waals surface area contributed by atoms with Crippen LogP contribution in [0.2, 0.25) is 0 Å². The fourth-order valence-corrected chi connectivity index (χ4v) is 2.86. The molecule has 1 heterocycles. The van der Waals surface area contributed by atoms with Gasteiger partial charge in [0.25, 0.3) is 5.91 Å². The first-order valence-electron chi connectivity index (χ1n) is 7.43. The SMILES string of the molecule is O=C(COc1ccc2ccccc2c1)NC(=S)N1CCCC1. The summed E-state index contributed by atoms with van der Waals surface area (Å²) in [6.07, 6.45) is 2.26. The van der Waals surface area contributed by atoms with E-state index in [2.05, 4.69) is 5.32 Å². The number of carbonyl (C=O) groups excluding carboxylic acids is 1. The number of likely N-dealkylation sites (tertiary alicyclic amines) is 1. The van der Waals surface area contributed by atoms with Gasteiger partial charge in [0.05, 0.1) is 0 Å². The van der Waals surface area contributed by atoms with E-state index in [-0.39, 0.29) is 12.5 Å². The fraction of sp³-hybridized carbons (Fsp3) is 0.294. The summed E-state index contributed by atoms with van der Waals surface area (Å²) in [6, 6.07) is 13.8. The zero-order valence-corrected chi connectivity index (χ0v) is 13.1. The van der Waals surface area contributed by atoms with Gasteiger partial charge in [-0.15, -0.1) is 0 Å². The van der Waals surface area contributed by atoms with Crippen LogP contribution in [0.4, 0.5) is 0 Å². The van der Waals surface area contributed by atoms with Crippen molar-refractivity contribution in [1.29, 1.82) is 0 Å². The molecule has 0 bridgehead atoms. The lowest BCUT2D eigenvalue weighted by atomic mass is 10.1. The number of hydrogen-bond donors (Lipinski definition) is 1. The maximum atomic E-state index is 11.9. The minimum absolute atomic E-state index is 0.0354. The third-order valence-corrected chi connectivity index (χ3v) is 4.09. The van der Waals surface area contributed by atoms with Crippen LogP contribution in [0.25, 0.3) is 10.8 Å². The van der Waals surface area contributed by atoms with E-state index in [0.717, 1.165) is 36.7 Å². The van der Waals surface area contributed by atoms with E-state index in [1.807, 2.05) is 47.4 Å². The maximum absolute atomic E-state index is 11.9. The van der Waals surface area contributed by atoms with Crippen molar-refractivity contribution in [3.63, 3.8) is 0 Å². The van der Waals surface area contributed by atoms with E-state index in [1.165, 1.54) is 0 Å². The Hall–Kier alpha value is -2.14. The van der Waals surface area contributed by atoms with Crippen molar-refractivity contribution in [2.45, 2.75) is 12.8 Å². The van der Waals surface area contributed by atoms with Gasteiger partial charge in [0.15, 0.2) is 11.7 Å². The van der Waals surface area contributed by atoms with Crippen LogP contribution >= 0.6 is 12.2 Å². The summed E-state index contributed by atoms with van der Waals surface area (Å²) in [5.41, 5.74) is 0. The summed E-state index contributed by atoms with van der Waals surface area (Å²) >= 11 is 5.22. The van der Waals surface area contributed by atoms with Gasteiger partial charge in [-0.2, -0.15) is 0 Å². The van der Waals surface area contributed by atoms with Crippen LogP contribution in [0, 0.1) is 0 Å². The van der Waals surface area contributed by atoms with Crippen LogP contribution in [0.3, 0.4) is 0 Å². The molecule has 0 saturated carbocycles. The number of fused-ring (bicyclic) bond motifs is 1. The molecule has 4 nitrogen and oxygen atoms in total. The number of carbonyl (C=O) groups is 1. The predicted molar refractivity (Wildman–Crippen MR) is 91.0 cm³/mol. The Kier molecular flexibility index (Phi) is 4.53. The van der Waals surface area contributed by atoms with Gasteiger partial charge < -0.3 is 15.0 Å². The Morgan fingerprint density at radius 1 is 1.14 bits per heavy atom. The van der Waals surface area contributed by atoms with Crippen LogP contribution in [0.15, 0.2) is 42.5 Å². The van der Waals surface area contributed by atoms with E-state index in [4.69, 9.17) is 17.0 Å². The molecule has 5 heteroatoms. The van der Waals surface area contributed by atoms with Crippen molar-refractivity contribution in [2.75, 3.05) is 19.7 Å². The summed E-state index contributed by atoms with van der Waals surface area (Å²) in [4.78, 5) is 13.9. The highest BCUT2D eigenvalue weighted by Gasteiger charge is 2.16. The number of rotatable bonds is 3. The minimum Gasteiger partial charge on any atom is -0.484 e. The molecule has 1 aliphatic heterocycles. The van der Waals surface area contributed by atoms with Gasteiger partial charge in [-0.1, -0.05) is 30.3 Å². The zero-order valence-electron chi connectivity index (χ0n) is 12.2. The molecule has 0 aromatic heterocycles. The van der Waals surface area contributed by atoms with Crippen LogP contribution < -0.4 is 10.1 Å². The average molecular weight is 314 g/mol. The summed E-state index contributed by atoms with van der Waals surface area (Å²) in [5.74, 6) is 0.464. The molecule has 22 heavy (non-hydrogen) atoms. The molecule has 0 atom stereocenters. The van der Waals surface area contributed by atoms with E-state index in [1.54, 1.807) is 0 Å². The normalized spacial score (nSPS) is 14.1. The molecule has 0 unspecified atom stereocenters. The molecule has 1 amide bonds. The number of nitrogens with zero attached hydrogens (tertiary/aromatic N) is 1. The molecule has 1 fully saturated rings. The van der Waals surface area contributed by atoms with Crippen molar-refractivity contribution in [1.82, 2.24) is 10.2 Å². The smallest absolute Gasteiger partial charge is 0.264 e. The quantitative estimate of drug-likeness (QED) is 0.885. The predicted octanol–water partition coefficient (Wildman–Crippen LogP) is 2.72. The molecule has 1 aliphatic rings. The van der Waals surface area contributed by atoms with E-state index in [0.29, 0.717) is 10.9 Å². The number of benzene rings is 2. The Balaban J connectivity index is 1.54. The molecule has 114 valence electrons.